The van der Waals surface area contributed by atoms with E-state index in [0.29, 0.717) is 29.9 Å². The molecule has 8 heteroatoms. The molecule has 2 aliphatic rings. The molecule has 0 bridgehead atoms. The van der Waals surface area contributed by atoms with Crippen LogP contribution in [0.1, 0.15) is 36.0 Å². The summed E-state index contributed by atoms with van der Waals surface area (Å²) in [5.74, 6) is -0.269. The second-order valence-corrected chi connectivity index (χ2v) is 5.91. The van der Waals surface area contributed by atoms with Crippen molar-refractivity contribution in [1.29, 1.82) is 0 Å². The number of carbonyl (C=O) groups excluding carboxylic acids is 1. The molecule has 1 amide bonds. The molecule has 1 aromatic rings. The van der Waals surface area contributed by atoms with Crippen molar-refractivity contribution < 1.29 is 9.72 Å². The van der Waals surface area contributed by atoms with Gasteiger partial charge in [0.05, 0.1) is 4.92 Å². The summed E-state index contributed by atoms with van der Waals surface area (Å²) >= 11 is 0. The van der Waals surface area contributed by atoms with Crippen LogP contribution in [0, 0.1) is 10.1 Å². The van der Waals surface area contributed by atoms with E-state index in [1.165, 1.54) is 6.07 Å². The molecule has 0 aromatic heterocycles. The molecular formula is C15H21ClN4O3. The van der Waals surface area contributed by atoms with Crippen molar-refractivity contribution >= 4 is 29.7 Å². The lowest BCUT2D eigenvalue weighted by Crippen LogP contribution is -2.37. The van der Waals surface area contributed by atoms with Crippen LogP contribution in [0.3, 0.4) is 0 Å². The summed E-state index contributed by atoms with van der Waals surface area (Å²) in [5.41, 5.74) is 0.770. The molecule has 3 rings (SSSR count). The number of nitro groups is 1. The van der Waals surface area contributed by atoms with Crippen LogP contribution in [0.15, 0.2) is 18.2 Å². The Bertz CT molecular complexity index is 586. The van der Waals surface area contributed by atoms with Gasteiger partial charge in [0.15, 0.2) is 0 Å². The zero-order valence-electron chi connectivity index (χ0n) is 12.7. The molecule has 23 heavy (non-hydrogen) atoms. The van der Waals surface area contributed by atoms with Gasteiger partial charge in [0, 0.05) is 30.3 Å². The van der Waals surface area contributed by atoms with Crippen molar-refractivity contribution in [3.8, 4) is 0 Å². The van der Waals surface area contributed by atoms with E-state index in [-0.39, 0.29) is 24.0 Å². The van der Waals surface area contributed by atoms with E-state index < -0.39 is 4.92 Å². The number of halogens is 1. The molecule has 0 spiro atoms. The number of benzene rings is 1. The number of amides is 1. The Kier molecular flexibility index (Phi) is 5.79. The molecule has 1 saturated heterocycles. The zero-order valence-corrected chi connectivity index (χ0v) is 13.5. The number of nitrogens with zero attached hydrogens (tertiary/aromatic N) is 1. The summed E-state index contributed by atoms with van der Waals surface area (Å²) in [6, 6.07) is 5.23. The fourth-order valence-electron chi connectivity index (χ4n) is 2.64. The van der Waals surface area contributed by atoms with Gasteiger partial charge >= 0.3 is 0 Å². The summed E-state index contributed by atoms with van der Waals surface area (Å²) in [4.78, 5) is 22.9. The molecule has 2 fully saturated rings. The second kappa shape index (κ2) is 7.61. The third-order valence-corrected chi connectivity index (χ3v) is 4.06. The first kappa shape index (κ1) is 17.5. The highest BCUT2D eigenvalue weighted by molar-refractivity contribution is 5.95. The number of rotatable bonds is 6. The van der Waals surface area contributed by atoms with Gasteiger partial charge in [-0.3, -0.25) is 14.9 Å². The van der Waals surface area contributed by atoms with Gasteiger partial charge in [-0.25, -0.2) is 0 Å². The Labute approximate surface area is 140 Å². The molecule has 1 unspecified atom stereocenters. The SMILES string of the molecule is Cl.O=C(NCC1CCCN1)c1ccc(NC2CC2)c([N+](=O)[O-])c1. The highest BCUT2D eigenvalue weighted by Crippen LogP contribution is 2.31. The average Bonchev–Trinajstić information content (AvgIpc) is 3.16. The van der Waals surface area contributed by atoms with E-state index in [2.05, 4.69) is 16.0 Å². The molecule has 1 aliphatic carbocycles. The van der Waals surface area contributed by atoms with Crippen LogP contribution in [0.5, 0.6) is 0 Å². The van der Waals surface area contributed by atoms with Crippen LogP contribution >= 0.6 is 12.4 Å². The Hall–Kier alpha value is -1.86. The number of carbonyl (C=O) groups is 1. The number of nitrogens with one attached hydrogen (secondary N) is 3. The molecule has 0 radical (unpaired) electrons. The van der Waals surface area contributed by atoms with E-state index in [9.17, 15) is 14.9 Å². The van der Waals surface area contributed by atoms with Gasteiger partial charge in [-0.05, 0) is 44.4 Å². The lowest BCUT2D eigenvalue weighted by atomic mass is 10.1. The van der Waals surface area contributed by atoms with Gasteiger partial charge in [0.1, 0.15) is 5.69 Å². The topological polar surface area (TPSA) is 96.3 Å². The molecule has 3 N–H and O–H groups in total. The Morgan fingerprint density at radius 2 is 2.13 bits per heavy atom. The van der Waals surface area contributed by atoms with E-state index >= 15 is 0 Å². The number of hydrogen-bond acceptors (Lipinski definition) is 5. The third kappa shape index (κ3) is 4.56. The van der Waals surface area contributed by atoms with Gasteiger partial charge in [-0.2, -0.15) is 0 Å². The summed E-state index contributed by atoms with van der Waals surface area (Å²) < 4.78 is 0. The molecule has 1 aromatic carbocycles. The predicted octanol–water partition coefficient (Wildman–Crippen LogP) is 2.07. The summed E-state index contributed by atoms with van der Waals surface area (Å²) in [5, 5.41) is 20.4. The van der Waals surface area contributed by atoms with E-state index in [4.69, 9.17) is 0 Å². The van der Waals surface area contributed by atoms with Crippen molar-refractivity contribution in [2.45, 2.75) is 37.8 Å². The zero-order chi connectivity index (χ0) is 15.5. The first-order valence-electron chi connectivity index (χ1n) is 7.70. The normalized spacial score (nSPS) is 19.7. The van der Waals surface area contributed by atoms with Crippen molar-refractivity contribution in [3.05, 3.63) is 33.9 Å². The quantitative estimate of drug-likeness (QED) is 0.544. The van der Waals surface area contributed by atoms with Gasteiger partial charge in [-0.15, -0.1) is 12.4 Å². The third-order valence-electron chi connectivity index (χ3n) is 4.06. The maximum Gasteiger partial charge on any atom is 0.293 e. The van der Waals surface area contributed by atoms with Crippen LogP contribution in [0.25, 0.3) is 0 Å². The van der Waals surface area contributed by atoms with Crippen LogP contribution in [0.4, 0.5) is 11.4 Å². The van der Waals surface area contributed by atoms with Crippen molar-refractivity contribution in [1.82, 2.24) is 10.6 Å². The molecule has 126 valence electrons. The predicted molar refractivity (Wildman–Crippen MR) is 90.3 cm³/mol. The molecule has 7 nitrogen and oxygen atoms in total. The molecule has 1 heterocycles. The molecule has 1 atom stereocenters. The van der Waals surface area contributed by atoms with Crippen LogP contribution in [-0.4, -0.2) is 36.0 Å². The summed E-state index contributed by atoms with van der Waals surface area (Å²) in [6.07, 6.45) is 4.24. The number of hydrogen-bond donors (Lipinski definition) is 3. The van der Waals surface area contributed by atoms with Crippen LogP contribution in [0.2, 0.25) is 0 Å². The van der Waals surface area contributed by atoms with Gasteiger partial charge in [0.2, 0.25) is 0 Å². The lowest BCUT2D eigenvalue weighted by Gasteiger charge is -2.12. The smallest absolute Gasteiger partial charge is 0.293 e. The maximum absolute atomic E-state index is 12.1. The van der Waals surface area contributed by atoms with Crippen LogP contribution in [-0.2, 0) is 0 Å². The summed E-state index contributed by atoms with van der Waals surface area (Å²) in [7, 11) is 0. The van der Waals surface area contributed by atoms with Crippen molar-refractivity contribution in [2.24, 2.45) is 0 Å². The Morgan fingerprint density at radius 3 is 2.74 bits per heavy atom. The monoisotopic (exact) mass is 340 g/mol. The van der Waals surface area contributed by atoms with E-state index in [1.54, 1.807) is 12.1 Å². The second-order valence-electron chi connectivity index (χ2n) is 5.91. The first-order valence-corrected chi connectivity index (χ1v) is 7.70. The van der Waals surface area contributed by atoms with Crippen molar-refractivity contribution in [3.63, 3.8) is 0 Å². The Balaban J connectivity index is 0.00000192. The van der Waals surface area contributed by atoms with Gasteiger partial charge < -0.3 is 16.0 Å². The largest absolute Gasteiger partial charge is 0.377 e. The molecule has 1 aliphatic heterocycles. The Morgan fingerprint density at radius 1 is 1.35 bits per heavy atom. The fraction of sp³-hybridized carbons (Fsp3) is 0.533. The van der Waals surface area contributed by atoms with E-state index in [0.717, 1.165) is 32.2 Å². The highest BCUT2D eigenvalue weighted by Gasteiger charge is 2.25. The maximum atomic E-state index is 12.1. The lowest BCUT2D eigenvalue weighted by molar-refractivity contribution is -0.384. The minimum absolute atomic E-state index is 0. The minimum Gasteiger partial charge on any atom is -0.377 e. The van der Waals surface area contributed by atoms with Crippen molar-refractivity contribution in [2.75, 3.05) is 18.4 Å². The number of nitro benzene ring substituents is 1. The highest BCUT2D eigenvalue weighted by atomic mass is 35.5. The standard InChI is InChI=1S/C15H20N4O3.ClH/c20-15(17-9-12-2-1-7-16-12)10-3-6-13(18-11-4-5-11)14(8-10)19(21)22;/h3,6,8,11-12,16,18H,1-2,4-5,7,9H2,(H,17,20);1H. The fourth-order valence-corrected chi connectivity index (χ4v) is 2.64. The van der Waals surface area contributed by atoms with Crippen LogP contribution < -0.4 is 16.0 Å². The van der Waals surface area contributed by atoms with E-state index in [1.807, 2.05) is 0 Å². The first-order chi connectivity index (χ1) is 10.6. The molecular weight excluding hydrogens is 320 g/mol. The minimum atomic E-state index is -0.444. The van der Waals surface area contributed by atoms with Gasteiger partial charge in [-0.1, -0.05) is 0 Å². The average molecular weight is 341 g/mol. The molecule has 1 saturated carbocycles. The number of anilines is 1. The summed E-state index contributed by atoms with van der Waals surface area (Å²) in [6.45, 7) is 1.53. The van der Waals surface area contributed by atoms with Gasteiger partial charge in [0.25, 0.3) is 11.6 Å².